The van der Waals surface area contributed by atoms with Gasteiger partial charge in [0.1, 0.15) is 5.75 Å². The van der Waals surface area contributed by atoms with E-state index in [0.29, 0.717) is 0 Å². The molecule has 2 atom stereocenters. The van der Waals surface area contributed by atoms with E-state index in [0.717, 1.165) is 24.4 Å². The van der Waals surface area contributed by atoms with Gasteiger partial charge in [0.05, 0.1) is 13.7 Å². The topological polar surface area (TPSA) is 53.5 Å². The molecule has 0 spiro atoms. The normalized spacial score (nSPS) is 14.2. The molecule has 1 aromatic rings. The third-order valence-corrected chi connectivity index (χ3v) is 2.99. The highest BCUT2D eigenvalue weighted by atomic mass is 16.5. The summed E-state index contributed by atoms with van der Waals surface area (Å²) in [6.45, 7) is 5.85. The fraction of sp³-hybridized carbons (Fsp3) is 0.571. The molecule has 0 heterocycles. The molecule has 102 valence electrons. The van der Waals surface area contributed by atoms with Crippen molar-refractivity contribution in [2.45, 2.75) is 25.9 Å². The Labute approximate surface area is 109 Å². The van der Waals surface area contributed by atoms with Gasteiger partial charge >= 0.3 is 0 Å². The summed E-state index contributed by atoms with van der Waals surface area (Å²) in [5, 5.41) is 15.8. The van der Waals surface area contributed by atoms with E-state index in [1.54, 1.807) is 7.11 Å². The van der Waals surface area contributed by atoms with Gasteiger partial charge in [-0.15, -0.1) is 0 Å². The molecule has 1 rings (SSSR count). The molecule has 0 aliphatic rings. The van der Waals surface area contributed by atoms with E-state index < -0.39 is 0 Å². The largest absolute Gasteiger partial charge is 0.496 e. The Morgan fingerprint density at radius 3 is 2.61 bits per heavy atom. The average molecular weight is 252 g/mol. The van der Waals surface area contributed by atoms with Crippen LogP contribution in [0.25, 0.3) is 0 Å². The lowest BCUT2D eigenvalue weighted by atomic mass is 10.1. The van der Waals surface area contributed by atoms with Gasteiger partial charge in [-0.1, -0.05) is 25.1 Å². The Balaban J connectivity index is 2.56. The second-order valence-corrected chi connectivity index (χ2v) is 4.31. The van der Waals surface area contributed by atoms with Crippen molar-refractivity contribution >= 4 is 0 Å². The van der Waals surface area contributed by atoms with Crippen molar-refractivity contribution in [2.75, 3.05) is 26.8 Å². The van der Waals surface area contributed by atoms with E-state index in [2.05, 4.69) is 23.6 Å². The number of aliphatic hydroxyl groups excluding tert-OH is 1. The van der Waals surface area contributed by atoms with Gasteiger partial charge in [-0.2, -0.15) is 0 Å². The van der Waals surface area contributed by atoms with Gasteiger partial charge in [0.15, 0.2) is 0 Å². The van der Waals surface area contributed by atoms with Crippen LogP contribution in [0, 0.1) is 0 Å². The predicted octanol–water partition coefficient (Wildman–Crippen LogP) is 1.32. The zero-order chi connectivity index (χ0) is 13.4. The molecule has 1 aromatic carbocycles. The van der Waals surface area contributed by atoms with E-state index in [9.17, 15) is 5.11 Å². The zero-order valence-corrected chi connectivity index (χ0v) is 11.4. The number of methoxy groups -OCH3 is 1. The molecule has 0 unspecified atom stereocenters. The Bertz CT molecular complexity index is 344. The summed E-state index contributed by atoms with van der Waals surface area (Å²) >= 11 is 0. The summed E-state index contributed by atoms with van der Waals surface area (Å²) in [4.78, 5) is 0. The number of para-hydroxylation sites is 1. The maximum atomic E-state index is 9.21. The molecule has 0 aliphatic heterocycles. The van der Waals surface area contributed by atoms with Crippen LogP contribution >= 0.6 is 0 Å². The first-order valence-corrected chi connectivity index (χ1v) is 6.43. The molecule has 4 heteroatoms. The summed E-state index contributed by atoms with van der Waals surface area (Å²) in [6, 6.07) is 8.26. The first kappa shape index (κ1) is 15.0. The fourth-order valence-electron chi connectivity index (χ4n) is 1.94. The van der Waals surface area contributed by atoms with Crippen LogP contribution in [0.5, 0.6) is 5.75 Å². The second-order valence-electron chi connectivity index (χ2n) is 4.31. The SMILES string of the molecule is CCN[C@@H](CO)CN[C@@H](C)c1ccccc1OC. The molecule has 0 bridgehead atoms. The van der Waals surface area contributed by atoms with Crippen molar-refractivity contribution in [3.05, 3.63) is 29.8 Å². The minimum atomic E-state index is 0.0900. The molecule has 0 aromatic heterocycles. The summed E-state index contributed by atoms with van der Waals surface area (Å²) in [6.07, 6.45) is 0. The molecular formula is C14H24N2O2. The molecule has 3 N–H and O–H groups in total. The average Bonchev–Trinajstić information content (AvgIpc) is 2.42. The molecule has 0 aliphatic carbocycles. The van der Waals surface area contributed by atoms with Gasteiger partial charge in [0.25, 0.3) is 0 Å². The molecule has 4 nitrogen and oxygen atoms in total. The lowest BCUT2D eigenvalue weighted by Gasteiger charge is -2.21. The number of hydrogen-bond acceptors (Lipinski definition) is 4. The Kier molecular flexibility index (Phi) is 6.72. The van der Waals surface area contributed by atoms with E-state index in [1.165, 1.54) is 0 Å². The van der Waals surface area contributed by atoms with Gasteiger partial charge < -0.3 is 20.5 Å². The van der Waals surface area contributed by atoms with Crippen molar-refractivity contribution in [1.82, 2.24) is 10.6 Å². The summed E-state index contributed by atoms with van der Waals surface area (Å²) in [5.41, 5.74) is 1.13. The number of likely N-dealkylation sites (N-methyl/N-ethyl adjacent to an activating group) is 1. The van der Waals surface area contributed by atoms with Crippen LogP contribution in [-0.4, -0.2) is 38.0 Å². The highest BCUT2D eigenvalue weighted by molar-refractivity contribution is 5.35. The fourth-order valence-corrected chi connectivity index (χ4v) is 1.94. The van der Waals surface area contributed by atoms with E-state index in [-0.39, 0.29) is 18.7 Å². The van der Waals surface area contributed by atoms with Gasteiger partial charge in [0.2, 0.25) is 0 Å². The van der Waals surface area contributed by atoms with Crippen molar-refractivity contribution in [3.8, 4) is 5.75 Å². The molecule has 0 saturated carbocycles. The van der Waals surface area contributed by atoms with Crippen LogP contribution in [0.1, 0.15) is 25.5 Å². The Hall–Kier alpha value is -1.10. The van der Waals surface area contributed by atoms with Crippen molar-refractivity contribution in [2.24, 2.45) is 0 Å². The smallest absolute Gasteiger partial charge is 0.123 e. The number of rotatable bonds is 8. The van der Waals surface area contributed by atoms with Crippen LogP contribution in [0.2, 0.25) is 0 Å². The number of ether oxygens (including phenoxy) is 1. The van der Waals surface area contributed by atoms with Crippen LogP contribution in [0.15, 0.2) is 24.3 Å². The van der Waals surface area contributed by atoms with Gasteiger partial charge in [-0.05, 0) is 19.5 Å². The van der Waals surface area contributed by atoms with Crippen LogP contribution < -0.4 is 15.4 Å². The maximum Gasteiger partial charge on any atom is 0.123 e. The lowest BCUT2D eigenvalue weighted by molar-refractivity contribution is 0.237. The summed E-state index contributed by atoms with van der Waals surface area (Å²) in [7, 11) is 1.68. The van der Waals surface area contributed by atoms with Gasteiger partial charge in [-0.3, -0.25) is 0 Å². The van der Waals surface area contributed by atoms with Crippen LogP contribution in [0.4, 0.5) is 0 Å². The minimum Gasteiger partial charge on any atom is -0.496 e. The number of aliphatic hydroxyl groups is 1. The second kappa shape index (κ2) is 8.08. The van der Waals surface area contributed by atoms with Crippen molar-refractivity contribution < 1.29 is 9.84 Å². The van der Waals surface area contributed by atoms with Crippen LogP contribution in [0.3, 0.4) is 0 Å². The highest BCUT2D eigenvalue weighted by Gasteiger charge is 2.12. The van der Waals surface area contributed by atoms with Gasteiger partial charge in [-0.25, -0.2) is 0 Å². The molecular weight excluding hydrogens is 228 g/mol. The monoisotopic (exact) mass is 252 g/mol. The first-order chi connectivity index (χ1) is 8.72. The van der Waals surface area contributed by atoms with Crippen molar-refractivity contribution in [1.29, 1.82) is 0 Å². The Morgan fingerprint density at radius 2 is 2.00 bits per heavy atom. The molecule has 0 fully saturated rings. The van der Waals surface area contributed by atoms with E-state index >= 15 is 0 Å². The third-order valence-electron chi connectivity index (χ3n) is 2.99. The highest BCUT2D eigenvalue weighted by Crippen LogP contribution is 2.23. The quantitative estimate of drug-likeness (QED) is 0.653. The molecule has 18 heavy (non-hydrogen) atoms. The number of hydrogen-bond donors (Lipinski definition) is 3. The Morgan fingerprint density at radius 1 is 1.28 bits per heavy atom. The van der Waals surface area contributed by atoms with Crippen molar-refractivity contribution in [3.63, 3.8) is 0 Å². The first-order valence-electron chi connectivity index (χ1n) is 6.43. The maximum absolute atomic E-state index is 9.21. The zero-order valence-electron chi connectivity index (χ0n) is 11.4. The van der Waals surface area contributed by atoms with E-state index in [1.807, 2.05) is 25.1 Å². The molecule has 0 saturated heterocycles. The predicted molar refractivity (Wildman–Crippen MR) is 74.0 cm³/mol. The third kappa shape index (κ3) is 4.29. The summed E-state index contributed by atoms with van der Waals surface area (Å²) < 4.78 is 5.34. The lowest BCUT2D eigenvalue weighted by Crippen LogP contribution is -2.41. The van der Waals surface area contributed by atoms with Gasteiger partial charge in [0, 0.05) is 24.2 Å². The standard InChI is InChI=1S/C14H24N2O2/c1-4-15-12(10-17)9-16-11(2)13-7-5-6-8-14(13)18-3/h5-8,11-12,15-17H,4,9-10H2,1-3H3/t11-,12+/m0/s1. The number of benzene rings is 1. The summed E-state index contributed by atoms with van der Waals surface area (Å²) in [5.74, 6) is 0.890. The molecule has 0 amide bonds. The van der Waals surface area contributed by atoms with Crippen LogP contribution in [-0.2, 0) is 0 Å². The van der Waals surface area contributed by atoms with E-state index in [4.69, 9.17) is 4.74 Å². The minimum absolute atomic E-state index is 0.0900. The number of nitrogens with one attached hydrogen (secondary N) is 2. The molecule has 0 radical (unpaired) electrons.